The van der Waals surface area contributed by atoms with E-state index in [-0.39, 0.29) is 22.9 Å². The summed E-state index contributed by atoms with van der Waals surface area (Å²) in [6.45, 7) is 9.81. The van der Waals surface area contributed by atoms with Gasteiger partial charge in [0.2, 0.25) is 0 Å². The average molecular weight is 573 g/mol. The summed E-state index contributed by atoms with van der Waals surface area (Å²) in [6.07, 6.45) is 8.10. The molecule has 2 fully saturated rings. The molecule has 0 amide bonds. The van der Waals surface area contributed by atoms with E-state index in [4.69, 9.17) is 9.47 Å². The van der Waals surface area contributed by atoms with Gasteiger partial charge in [-0.25, -0.2) is 4.79 Å². The van der Waals surface area contributed by atoms with Crippen LogP contribution in [0.5, 0.6) is 5.75 Å². The van der Waals surface area contributed by atoms with E-state index in [0.717, 1.165) is 65.3 Å². The van der Waals surface area contributed by atoms with Crippen molar-refractivity contribution in [3.05, 3.63) is 113 Å². The molecule has 0 spiro atoms. The van der Waals surface area contributed by atoms with Crippen LogP contribution in [0.3, 0.4) is 0 Å². The lowest BCUT2D eigenvalue weighted by Gasteiger charge is -2.38. The summed E-state index contributed by atoms with van der Waals surface area (Å²) in [6, 6.07) is 31.2. The largest absolute Gasteiger partial charge is 0.494 e. The van der Waals surface area contributed by atoms with Gasteiger partial charge in [-0.1, -0.05) is 107 Å². The Morgan fingerprint density at radius 2 is 1.65 bits per heavy atom. The summed E-state index contributed by atoms with van der Waals surface area (Å²) >= 11 is 0. The van der Waals surface area contributed by atoms with Crippen molar-refractivity contribution in [3.63, 3.8) is 0 Å². The third-order valence-electron chi connectivity index (χ3n) is 10.8. The first kappa shape index (κ1) is 29.2. The van der Waals surface area contributed by atoms with Crippen LogP contribution >= 0.6 is 0 Å². The lowest BCUT2D eigenvalue weighted by atomic mass is 9.70. The van der Waals surface area contributed by atoms with Gasteiger partial charge in [0.25, 0.3) is 0 Å². The quantitative estimate of drug-likeness (QED) is 0.108. The van der Waals surface area contributed by atoms with E-state index >= 15 is 0 Å². The molecule has 4 aromatic rings. The van der Waals surface area contributed by atoms with E-state index in [1.807, 2.05) is 12.1 Å². The van der Waals surface area contributed by atoms with Crippen molar-refractivity contribution in [2.75, 3.05) is 6.61 Å². The molecule has 0 aromatic heterocycles. The Balaban J connectivity index is 1.32. The minimum atomic E-state index is -0.207. The van der Waals surface area contributed by atoms with Gasteiger partial charge in [-0.2, -0.15) is 0 Å². The van der Waals surface area contributed by atoms with Crippen LogP contribution in [0.25, 0.3) is 22.4 Å². The van der Waals surface area contributed by atoms with Gasteiger partial charge in [-0.15, -0.1) is 0 Å². The number of carbonyl (C=O) groups excluding carboxylic acids is 1. The molecule has 3 atom stereocenters. The Morgan fingerprint density at radius 1 is 0.907 bits per heavy atom. The molecule has 0 unspecified atom stereocenters. The van der Waals surface area contributed by atoms with Crippen molar-refractivity contribution in [3.8, 4) is 5.75 Å². The average Bonchev–Trinajstić information content (AvgIpc) is 3.36. The second-order valence-electron chi connectivity index (χ2n) is 13.2. The van der Waals surface area contributed by atoms with Crippen molar-refractivity contribution in [1.29, 1.82) is 0 Å². The summed E-state index contributed by atoms with van der Waals surface area (Å²) in [4.78, 5) is 14.1. The predicted molar refractivity (Wildman–Crippen MR) is 177 cm³/mol. The number of ether oxygens (including phenoxy) is 2. The normalized spacial score (nSPS) is 22.6. The molecular weight excluding hydrogens is 528 g/mol. The summed E-state index contributed by atoms with van der Waals surface area (Å²) < 4.78 is 12.6. The van der Waals surface area contributed by atoms with Crippen LogP contribution < -0.4 is 4.74 Å². The molecule has 3 nitrogen and oxygen atoms in total. The number of carbonyl (C=O) groups is 1. The number of aryl methyl sites for hydroxylation is 1. The number of hydrogen-bond donors (Lipinski definition) is 0. The highest BCUT2D eigenvalue weighted by Gasteiger charge is 2.62. The predicted octanol–water partition coefficient (Wildman–Crippen LogP) is 10.2. The molecule has 2 aliphatic carbocycles. The Hall–Kier alpha value is -3.85. The fourth-order valence-electron chi connectivity index (χ4n) is 7.58. The number of hydrogen-bond acceptors (Lipinski definition) is 3. The van der Waals surface area contributed by atoms with Gasteiger partial charge < -0.3 is 9.47 Å². The van der Waals surface area contributed by atoms with Gasteiger partial charge in [0.1, 0.15) is 11.9 Å². The van der Waals surface area contributed by atoms with Gasteiger partial charge in [0.05, 0.1) is 12.2 Å². The monoisotopic (exact) mass is 572 g/mol. The molecular formula is C40H44O3. The molecule has 222 valence electrons. The number of rotatable bonds is 10. The Morgan fingerprint density at radius 3 is 2.35 bits per heavy atom. The summed E-state index contributed by atoms with van der Waals surface area (Å²) in [5, 5.41) is 2.20. The Labute approximate surface area is 256 Å². The lowest BCUT2D eigenvalue weighted by molar-refractivity contribution is -0.0242. The van der Waals surface area contributed by atoms with Crippen LogP contribution in [-0.2, 0) is 11.2 Å². The second kappa shape index (κ2) is 12.0. The maximum Gasteiger partial charge on any atom is 0.339 e. The minimum absolute atomic E-state index is 0.0136. The fourth-order valence-corrected chi connectivity index (χ4v) is 7.58. The van der Waals surface area contributed by atoms with Crippen molar-refractivity contribution >= 4 is 28.4 Å². The summed E-state index contributed by atoms with van der Waals surface area (Å²) in [7, 11) is 0. The Kier molecular flexibility index (Phi) is 8.18. The molecule has 6 rings (SSSR count). The molecule has 2 bridgehead atoms. The Bertz CT molecular complexity index is 1620. The number of fused-ring (bicyclic) bond motifs is 3. The molecule has 2 saturated carbocycles. The zero-order valence-corrected chi connectivity index (χ0v) is 26.1. The first-order chi connectivity index (χ1) is 20.8. The molecule has 0 radical (unpaired) electrons. The number of esters is 1. The van der Waals surface area contributed by atoms with E-state index in [0.29, 0.717) is 18.1 Å². The van der Waals surface area contributed by atoms with Gasteiger partial charge in [0, 0.05) is 5.41 Å². The number of benzene rings is 4. The summed E-state index contributed by atoms with van der Waals surface area (Å²) in [5.41, 5.74) is 5.37. The van der Waals surface area contributed by atoms with Gasteiger partial charge in [-0.3, -0.25) is 0 Å². The molecule has 0 heterocycles. The zero-order valence-electron chi connectivity index (χ0n) is 26.1. The van der Waals surface area contributed by atoms with Crippen molar-refractivity contribution in [2.45, 2.75) is 72.3 Å². The fraction of sp³-hybridized carbons (Fsp3) is 0.375. The van der Waals surface area contributed by atoms with Crippen LogP contribution in [-0.4, -0.2) is 18.7 Å². The van der Waals surface area contributed by atoms with E-state index in [9.17, 15) is 4.79 Å². The molecule has 43 heavy (non-hydrogen) atoms. The first-order valence-corrected chi connectivity index (χ1v) is 16.0. The van der Waals surface area contributed by atoms with Crippen molar-refractivity contribution < 1.29 is 14.3 Å². The van der Waals surface area contributed by atoms with Crippen LogP contribution in [0, 0.1) is 16.7 Å². The van der Waals surface area contributed by atoms with Gasteiger partial charge in [-0.05, 0) is 101 Å². The third kappa shape index (κ3) is 5.62. The van der Waals surface area contributed by atoms with Crippen LogP contribution in [0.15, 0.2) is 91.0 Å². The van der Waals surface area contributed by atoms with E-state index in [1.54, 1.807) is 0 Å². The maximum absolute atomic E-state index is 14.1. The first-order valence-electron chi connectivity index (χ1n) is 16.0. The van der Waals surface area contributed by atoms with E-state index < -0.39 is 0 Å². The van der Waals surface area contributed by atoms with Crippen LogP contribution in [0.1, 0.15) is 86.8 Å². The SMILES string of the molecule is CCc1ccc(OCCC/C(=C/c2ccccc2)c2c(C(=O)O[C@@H]3C[C@H]4CC[C@]3(C)C4(C)C)ccc3ccccc23)cc1. The van der Waals surface area contributed by atoms with E-state index in [2.05, 4.69) is 113 Å². The minimum Gasteiger partial charge on any atom is -0.494 e. The van der Waals surface area contributed by atoms with Crippen molar-refractivity contribution in [1.82, 2.24) is 0 Å². The molecule has 0 aliphatic heterocycles. The van der Waals surface area contributed by atoms with Gasteiger partial charge >= 0.3 is 5.97 Å². The van der Waals surface area contributed by atoms with Crippen molar-refractivity contribution in [2.24, 2.45) is 16.7 Å². The third-order valence-corrected chi connectivity index (χ3v) is 10.8. The standard InChI is InChI=1S/C40H44O3/c1-5-28-17-20-33(21-18-28)42-25-11-15-31(26-29-12-7-6-8-13-29)37-34-16-10-9-14-30(34)19-22-35(37)38(41)43-36-27-32-23-24-40(36,4)39(32,2)3/h6-10,12-14,16-22,26,32,36H,5,11,15,23-25,27H2,1-4H3/b31-26-/t32-,36-,40+/m1/s1. The number of allylic oxidation sites excluding steroid dienone is 1. The molecule has 4 aromatic carbocycles. The highest BCUT2D eigenvalue weighted by Crippen LogP contribution is 2.66. The maximum atomic E-state index is 14.1. The van der Waals surface area contributed by atoms with E-state index in [1.165, 1.54) is 12.0 Å². The van der Waals surface area contributed by atoms with Gasteiger partial charge in [0.15, 0.2) is 0 Å². The second-order valence-corrected chi connectivity index (χ2v) is 13.2. The summed E-state index contributed by atoms with van der Waals surface area (Å²) in [5.74, 6) is 1.29. The highest BCUT2D eigenvalue weighted by atomic mass is 16.5. The lowest BCUT2D eigenvalue weighted by Crippen LogP contribution is -2.38. The van der Waals surface area contributed by atoms with Crippen LogP contribution in [0.4, 0.5) is 0 Å². The zero-order chi connectivity index (χ0) is 30.0. The topological polar surface area (TPSA) is 35.5 Å². The molecule has 2 aliphatic rings. The van der Waals surface area contributed by atoms with Crippen LogP contribution in [0.2, 0.25) is 0 Å². The molecule has 0 saturated heterocycles. The highest BCUT2D eigenvalue weighted by molar-refractivity contribution is 6.07. The molecule has 0 N–H and O–H groups in total. The smallest absolute Gasteiger partial charge is 0.339 e. The molecule has 3 heteroatoms.